The van der Waals surface area contributed by atoms with Crippen LogP contribution in [0.15, 0.2) is 18.2 Å². The third-order valence-electron chi connectivity index (χ3n) is 3.29. The molecule has 1 aromatic carbocycles. The standard InChI is InChI=1S/C15H17ClN2O3/c1-9(2)6-7-17-12(19)8-18-13-10(14(20)15(18)21)4-3-5-11(13)16/h3-5,9H,6-8H2,1-2H3,(H,17,19). The van der Waals surface area contributed by atoms with E-state index in [-0.39, 0.29) is 18.0 Å². The summed E-state index contributed by atoms with van der Waals surface area (Å²) in [6, 6.07) is 4.74. The summed E-state index contributed by atoms with van der Waals surface area (Å²) in [7, 11) is 0. The normalized spacial score (nSPS) is 13.8. The van der Waals surface area contributed by atoms with Crippen LogP contribution in [0.1, 0.15) is 30.6 Å². The lowest BCUT2D eigenvalue weighted by Gasteiger charge is -2.17. The third kappa shape index (κ3) is 3.24. The Labute approximate surface area is 128 Å². The average Bonchev–Trinajstić information content (AvgIpc) is 2.65. The Morgan fingerprint density at radius 1 is 1.33 bits per heavy atom. The van der Waals surface area contributed by atoms with Crippen molar-refractivity contribution >= 4 is 34.9 Å². The maximum atomic E-state index is 12.0. The number of ketones is 1. The number of carbonyl (C=O) groups is 3. The summed E-state index contributed by atoms with van der Waals surface area (Å²) in [6.45, 7) is 4.47. The van der Waals surface area contributed by atoms with Gasteiger partial charge in [0.25, 0.3) is 11.7 Å². The minimum absolute atomic E-state index is 0.195. The van der Waals surface area contributed by atoms with Gasteiger partial charge in [-0.15, -0.1) is 0 Å². The Hall–Kier alpha value is -1.88. The number of carbonyl (C=O) groups excluding carboxylic acids is 3. The molecular formula is C15H17ClN2O3. The van der Waals surface area contributed by atoms with E-state index >= 15 is 0 Å². The summed E-state index contributed by atoms with van der Waals surface area (Å²) in [4.78, 5) is 36.9. The molecule has 5 nitrogen and oxygen atoms in total. The van der Waals surface area contributed by atoms with Crippen LogP contribution in [0.3, 0.4) is 0 Å². The van der Waals surface area contributed by atoms with Crippen LogP contribution in [0, 0.1) is 5.92 Å². The molecule has 1 heterocycles. The lowest BCUT2D eigenvalue weighted by atomic mass is 10.1. The Balaban J connectivity index is 2.09. The molecular weight excluding hydrogens is 292 g/mol. The second kappa shape index (κ2) is 6.26. The minimum atomic E-state index is -0.711. The monoisotopic (exact) mass is 308 g/mol. The maximum Gasteiger partial charge on any atom is 0.300 e. The number of halogens is 1. The third-order valence-corrected chi connectivity index (χ3v) is 3.59. The van der Waals surface area contributed by atoms with Gasteiger partial charge in [-0.25, -0.2) is 0 Å². The smallest absolute Gasteiger partial charge is 0.300 e. The summed E-state index contributed by atoms with van der Waals surface area (Å²) in [5.74, 6) is -1.15. The predicted molar refractivity (Wildman–Crippen MR) is 80.6 cm³/mol. The van der Waals surface area contributed by atoms with E-state index in [9.17, 15) is 14.4 Å². The van der Waals surface area contributed by atoms with E-state index in [1.54, 1.807) is 12.1 Å². The fraction of sp³-hybridized carbons (Fsp3) is 0.400. The van der Waals surface area contributed by atoms with Gasteiger partial charge in [-0.1, -0.05) is 31.5 Å². The zero-order valence-electron chi connectivity index (χ0n) is 12.0. The number of hydrogen-bond donors (Lipinski definition) is 1. The average molecular weight is 309 g/mol. The fourth-order valence-corrected chi connectivity index (χ4v) is 2.44. The second-order valence-electron chi connectivity index (χ2n) is 5.39. The fourth-order valence-electron chi connectivity index (χ4n) is 2.16. The molecule has 112 valence electrons. The number of Topliss-reactive ketones (excluding diaryl/α,β-unsaturated/α-hetero) is 1. The van der Waals surface area contributed by atoms with Crippen molar-refractivity contribution in [1.82, 2.24) is 5.32 Å². The molecule has 0 spiro atoms. The highest BCUT2D eigenvalue weighted by atomic mass is 35.5. The number of nitrogens with one attached hydrogen (secondary N) is 1. The number of para-hydroxylation sites is 1. The first kappa shape index (κ1) is 15.5. The molecule has 0 atom stereocenters. The molecule has 1 aromatic rings. The van der Waals surface area contributed by atoms with Crippen LogP contribution in [0.5, 0.6) is 0 Å². The number of anilines is 1. The first-order valence-corrected chi connectivity index (χ1v) is 7.21. The van der Waals surface area contributed by atoms with Crippen molar-refractivity contribution in [3.63, 3.8) is 0 Å². The van der Waals surface area contributed by atoms with Gasteiger partial charge in [0.05, 0.1) is 16.3 Å². The highest BCUT2D eigenvalue weighted by molar-refractivity contribution is 6.54. The Morgan fingerprint density at radius 3 is 2.71 bits per heavy atom. The molecule has 0 saturated carbocycles. The number of hydrogen-bond acceptors (Lipinski definition) is 3. The Kier molecular flexibility index (Phi) is 4.63. The van der Waals surface area contributed by atoms with E-state index in [0.29, 0.717) is 23.2 Å². The number of amides is 2. The molecule has 6 heteroatoms. The maximum absolute atomic E-state index is 12.0. The molecule has 2 rings (SSSR count). The molecule has 0 unspecified atom stereocenters. The van der Waals surface area contributed by atoms with Crippen molar-refractivity contribution in [3.8, 4) is 0 Å². The summed E-state index contributed by atoms with van der Waals surface area (Å²) in [5.41, 5.74) is 0.579. The lowest BCUT2D eigenvalue weighted by Crippen LogP contribution is -2.40. The van der Waals surface area contributed by atoms with E-state index in [0.717, 1.165) is 11.3 Å². The number of nitrogens with zero attached hydrogens (tertiary/aromatic N) is 1. The van der Waals surface area contributed by atoms with Crippen LogP contribution in [-0.2, 0) is 9.59 Å². The summed E-state index contributed by atoms with van der Waals surface area (Å²) in [5, 5.41) is 3.03. The highest BCUT2D eigenvalue weighted by Gasteiger charge is 2.38. The van der Waals surface area contributed by atoms with Crippen molar-refractivity contribution < 1.29 is 14.4 Å². The molecule has 2 amide bonds. The topological polar surface area (TPSA) is 66.5 Å². The van der Waals surface area contributed by atoms with Gasteiger partial charge < -0.3 is 5.32 Å². The molecule has 21 heavy (non-hydrogen) atoms. The van der Waals surface area contributed by atoms with Crippen LogP contribution in [0.4, 0.5) is 5.69 Å². The zero-order valence-corrected chi connectivity index (χ0v) is 12.7. The minimum Gasteiger partial charge on any atom is -0.355 e. The van der Waals surface area contributed by atoms with E-state index < -0.39 is 11.7 Å². The van der Waals surface area contributed by atoms with Crippen molar-refractivity contribution in [2.75, 3.05) is 18.0 Å². The molecule has 0 aromatic heterocycles. The highest BCUT2D eigenvalue weighted by Crippen LogP contribution is 2.35. The molecule has 1 aliphatic rings. The molecule has 0 saturated heterocycles. The first-order valence-electron chi connectivity index (χ1n) is 6.83. The van der Waals surface area contributed by atoms with Gasteiger partial charge in [0.2, 0.25) is 5.91 Å². The van der Waals surface area contributed by atoms with Crippen molar-refractivity contribution in [1.29, 1.82) is 0 Å². The predicted octanol–water partition coefficient (Wildman–Crippen LogP) is 2.03. The Bertz CT molecular complexity index is 599. The van der Waals surface area contributed by atoms with Gasteiger partial charge in [-0.05, 0) is 24.5 Å². The van der Waals surface area contributed by atoms with Crippen LogP contribution in [0.25, 0.3) is 0 Å². The largest absolute Gasteiger partial charge is 0.355 e. The Morgan fingerprint density at radius 2 is 2.05 bits per heavy atom. The van der Waals surface area contributed by atoms with Crippen LogP contribution in [0.2, 0.25) is 5.02 Å². The van der Waals surface area contributed by atoms with E-state index in [1.807, 2.05) is 0 Å². The quantitative estimate of drug-likeness (QED) is 0.846. The van der Waals surface area contributed by atoms with E-state index in [2.05, 4.69) is 19.2 Å². The van der Waals surface area contributed by atoms with Crippen LogP contribution < -0.4 is 10.2 Å². The first-order chi connectivity index (χ1) is 9.91. The van der Waals surface area contributed by atoms with Gasteiger partial charge in [-0.2, -0.15) is 0 Å². The number of rotatable bonds is 5. The molecule has 0 aliphatic carbocycles. The second-order valence-corrected chi connectivity index (χ2v) is 5.80. The lowest BCUT2D eigenvalue weighted by molar-refractivity contribution is -0.122. The van der Waals surface area contributed by atoms with Crippen LogP contribution >= 0.6 is 11.6 Å². The van der Waals surface area contributed by atoms with Gasteiger partial charge in [0.15, 0.2) is 0 Å². The molecule has 0 radical (unpaired) electrons. The molecule has 0 bridgehead atoms. The number of fused-ring (bicyclic) bond motifs is 1. The van der Waals surface area contributed by atoms with Gasteiger partial charge in [-0.3, -0.25) is 19.3 Å². The molecule has 1 N–H and O–H groups in total. The summed E-state index contributed by atoms with van der Waals surface area (Å²) < 4.78 is 0. The zero-order chi connectivity index (χ0) is 15.6. The van der Waals surface area contributed by atoms with Gasteiger partial charge in [0.1, 0.15) is 6.54 Å². The van der Waals surface area contributed by atoms with E-state index in [1.165, 1.54) is 6.07 Å². The summed E-state index contributed by atoms with van der Waals surface area (Å²) in [6.07, 6.45) is 0.857. The SMILES string of the molecule is CC(C)CCNC(=O)CN1C(=O)C(=O)c2cccc(Cl)c21. The van der Waals surface area contributed by atoms with Crippen molar-refractivity contribution in [2.24, 2.45) is 5.92 Å². The van der Waals surface area contributed by atoms with Gasteiger partial charge >= 0.3 is 0 Å². The summed E-state index contributed by atoms with van der Waals surface area (Å²) >= 11 is 6.05. The van der Waals surface area contributed by atoms with Gasteiger partial charge in [0, 0.05) is 6.54 Å². The van der Waals surface area contributed by atoms with Crippen molar-refractivity contribution in [2.45, 2.75) is 20.3 Å². The van der Waals surface area contributed by atoms with Crippen molar-refractivity contribution in [3.05, 3.63) is 28.8 Å². The van der Waals surface area contributed by atoms with Crippen LogP contribution in [-0.4, -0.2) is 30.7 Å². The number of benzene rings is 1. The molecule has 0 fully saturated rings. The molecule has 1 aliphatic heterocycles. The van der Waals surface area contributed by atoms with E-state index in [4.69, 9.17) is 11.6 Å².